The molecule has 0 aliphatic carbocycles. The van der Waals surface area contributed by atoms with Crippen molar-refractivity contribution in [2.75, 3.05) is 13.1 Å². The Bertz CT molecular complexity index is 340. The molecule has 2 N–H and O–H groups in total. The first-order valence-corrected chi connectivity index (χ1v) is 7.17. The summed E-state index contributed by atoms with van der Waals surface area (Å²) in [6.45, 7) is 8.63. The monoisotopic (exact) mass is 286 g/mol. The van der Waals surface area contributed by atoms with E-state index in [-0.39, 0.29) is 24.7 Å². The number of hydrogen-bond donors (Lipinski definition) is 2. The van der Waals surface area contributed by atoms with Gasteiger partial charge in [0.1, 0.15) is 6.04 Å². The number of carbonyl (C=O) groups is 3. The molecule has 0 spiro atoms. The minimum atomic E-state index is -1.04. The number of carbonyl (C=O) groups excluding carboxylic acids is 2. The number of rotatable bonds is 9. The molecule has 2 atom stereocenters. The maximum absolute atomic E-state index is 11.7. The van der Waals surface area contributed by atoms with E-state index in [9.17, 15) is 14.4 Å². The second-order valence-corrected chi connectivity index (χ2v) is 4.83. The van der Waals surface area contributed by atoms with Crippen LogP contribution in [0.4, 0.5) is 0 Å². The molecule has 0 aliphatic heterocycles. The molecule has 0 fully saturated rings. The lowest BCUT2D eigenvalue weighted by Crippen LogP contribution is -2.45. The molecule has 0 aromatic heterocycles. The Morgan fingerprint density at radius 1 is 1.10 bits per heavy atom. The van der Waals surface area contributed by atoms with Gasteiger partial charge in [0.05, 0.1) is 0 Å². The van der Waals surface area contributed by atoms with Crippen molar-refractivity contribution in [2.24, 2.45) is 5.92 Å². The van der Waals surface area contributed by atoms with Gasteiger partial charge in [0.15, 0.2) is 0 Å². The molecule has 0 bridgehead atoms. The van der Waals surface area contributed by atoms with E-state index in [1.54, 1.807) is 11.8 Å². The van der Waals surface area contributed by atoms with Crippen molar-refractivity contribution in [2.45, 2.75) is 53.0 Å². The summed E-state index contributed by atoms with van der Waals surface area (Å²) >= 11 is 0. The fourth-order valence-corrected chi connectivity index (χ4v) is 1.88. The van der Waals surface area contributed by atoms with Crippen LogP contribution in [0, 0.1) is 5.92 Å². The Morgan fingerprint density at radius 2 is 1.65 bits per heavy atom. The first-order chi connectivity index (χ1) is 9.37. The SMILES string of the molecule is CC[C@H](C)[C@H](NC(=O)CCC(=O)N(CC)CC)C(=O)O. The summed E-state index contributed by atoms with van der Waals surface area (Å²) in [4.78, 5) is 36.2. The van der Waals surface area contributed by atoms with Crippen LogP contribution >= 0.6 is 0 Å². The van der Waals surface area contributed by atoms with Crippen molar-refractivity contribution in [3.05, 3.63) is 0 Å². The van der Waals surface area contributed by atoms with Crippen molar-refractivity contribution >= 4 is 17.8 Å². The van der Waals surface area contributed by atoms with Crippen LogP contribution in [0.2, 0.25) is 0 Å². The van der Waals surface area contributed by atoms with Gasteiger partial charge in [-0.2, -0.15) is 0 Å². The number of nitrogens with zero attached hydrogens (tertiary/aromatic N) is 1. The Labute approximate surface area is 120 Å². The number of aliphatic carboxylic acids is 1. The van der Waals surface area contributed by atoms with Crippen LogP contribution in [-0.4, -0.2) is 46.9 Å². The molecular weight excluding hydrogens is 260 g/mol. The van der Waals surface area contributed by atoms with Crippen molar-refractivity contribution < 1.29 is 19.5 Å². The molecule has 0 heterocycles. The molecule has 0 radical (unpaired) electrons. The van der Waals surface area contributed by atoms with Crippen molar-refractivity contribution in [1.29, 1.82) is 0 Å². The molecule has 6 heteroatoms. The highest BCUT2D eigenvalue weighted by atomic mass is 16.4. The average molecular weight is 286 g/mol. The average Bonchev–Trinajstić information content (AvgIpc) is 2.42. The van der Waals surface area contributed by atoms with Gasteiger partial charge in [-0.15, -0.1) is 0 Å². The van der Waals surface area contributed by atoms with Gasteiger partial charge in [-0.05, 0) is 19.8 Å². The summed E-state index contributed by atoms with van der Waals surface area (Å²) in [6, 6.07) is -0.893. The Kier molecular flexibility index (Phi) is 8.59. The fraction of sp³-hybridized carbons (Fsp3) is 0.786. The predicted octanol–water partition coefficient (Wildman–Crippen LogP) is 1.25. The number of carboxylic acids is 1. The molecule has 0 aromatic rings. The molecule has 6 nitrogen and oxygen atoms in total. The van der Waals surface area contributed by atoms with Gasteiger partial charge in [-0.1, -0.05) is 20.3 Å². The van der Waals surface area contributed by atoms with Crippen molar-refractivity contribution in [3.63, 3.8) is 0 Å². The molecule has 20 heavy (non-hydrogen) atoms. The topological polar surface area (TPSA) is 86.7 Å². The standard InChI is InChI=1S/C14H26N2O4/c1-5-10(4)13(14(19)20)15-11(17)8-9-12(18)16(6-2)7-3/h10,13H,5-9H2,1-4H3,(H,15,17)(H,19,20)/t10-,13-/m0/s1. The quantitative estimate of drug-likeness (QED) is 0.668. The molecule has 0 saturated heterocycles. The van der Waals surface area contributed by atoms with Crippen molar-refractivity contribution in [1.82, 2.24) is 10.2 Å². The third-order valence-corrected chi connectivity index (χ3v) is 3.48. The van der Waals surface area contributed by atoms with Gasteiger partial charge < -0.3 is 15.3 Å². The van der Waals surface area contributed by atoms with Crippen LogP contribution in [0.15, 0.2) is 0 Å². The second-order valence-electron chi connectivity index (χ2n) is 4.83. The number of amides is 2. The lowest BCUT2D eigenvalue weighted by atomic mass is 9.99. The summed E-state index contributed by atoms with van der Waals surface area (Å²) in [5, 5.41) is 11.6. The maximum Gasteiger partial charge on any atom is 0.326 e. The highest BCUT2D eigenvalue weighted by Crippen LogP contribution is 2.08. The maximum atomic E-state index is 11.7. The van der Waals surface area contributed by atoms with Crippen LogP contribution in [-0.2, 0) is 14.4 Å². The van der Waals surface area contributed by atoms with Gasteiger partial charge in [-0.25, -0.2) is 4.79 Å². The van der Waals surface area contributed by atoms with Gasteiger partial charge in [-0.3, -0.25) is 9.59 Å². The van der Waals surface area contributed by atoms with E-state index in [0.29, 0.717) is 19.5 Å². The summed E-state index contributed by atoms with van der Waals surface area (Å²) in [7, 11) is 0. The zero-order chi connectivity index (χ0) is 15.7. The molecule has 2 amide bonds. The van der Waals surface area contributed by atoms with E-state index in [2.05, 4.69) is 5.32 Å². The Balaban J connectivity index is 4.34. The third-order valence-electron chi connectivity index (χ3n) is 3.48. The zero-order valence-electron chi connectivity index (χ0n) is 12.8. The molecular formula is C14H26N2O4. The van der Waals surface area contributed by atoms with Gasteiger partial charge in [0, 0.05) is 25.9 Å². The third kappa shape index (κ3) is 6.04. The van der Waals surface area contributed by atoms with E-state index in [1.807, 2.05) is 20.8 Å². The second kappa shape index (κ2) is 9.34. The van der Waals surface area contributed by atoms with E-state index in [0.717, 1.165) is 0 Å². The fourth-order valence-electron chi connectivity index (χ4n) is 1.88. The lowest BCUT2D eigenvalue weighted by Gasteiger charge is -2.21. The summed E-state index contributed by atoms with van der Waals surface area (Å²) in [5.74, 6) is -1.66. The van der Waals surface area contributed by atoms with Crippen LogP contribution < -0.4 is 5.32 Å². The summed E-state index contributed by atoms with van der Waals surface area (Å²) in [6.07, 6.45) is 0.797. The molecule has 0 saturated carbocycles. The van der Waals surface area contributed by atoms with Gasteiger partial charge >= 0.3 is 5.97 Å². The van der Waals surface area contributed by atoms with Crippen molar-refractivity contribution in [3.8, 4) is 0 Å². The first kappa shape index (κ1) is 18.4. The minimum Gasteiger partial charge on any atom is -0.480 e. The first-order valence-electron chi connectivity index (χ1n) is 7.17. The molecule has 0 aromatic carbocycles. The van der Waals surface area contributed by atoms with Crippen LogP contribution in [0.3, 0.4) is 0 Å². The smallest absolute Gasteiger partial charge is 0.326 e. The van der Waals surface area contributed by atoms with Crippen LogP contribution in [0.1, 0.15) is 47.0 Å². The summed E-state index contributed by atoms with van der Waals surface area (Å²) in [5.41, 5.74) is 0. The molecule has 0 aliphatic rings. The highest BCUT2D eigenvalue weighted by molar-refractivity contribution is 5.87. The lowest BCUT2D eigenvalue weighted by molar-refractivity contribution is -0.143. The van der Waals surface area contributed by atoms with E-state index < -0.39 is 17.9 Å². The Morgan fingerprint density at radius 3 is 2.05 bits per heavy atom. The summed E-state index contributed by atoms with van der Waals surface area (Å²) < 4.78 is 0. The number of carboxylic acid groups (broad SMARTS) is 1. The minimum absolute atomic E-state index is 0.0234. The predicted molar refractivity (Wildman–Crippen MR) is 76.2 cm³/mol. The van der Waals surface area contributed by atoms with Gasteiger partial charge in [0.2, 0.25) is 11.8 Å². The normalized spacial score (nSPS) is 13.4. The molecule has 0 rings (SSSR count). The van der Waals surface area contributed by atoms with Gasteiger partial charge in [0.25, 0.3) is 0 Å². The van der Waals surface area contributed by atoms with E-state index in [4.69, 9.17) is 5.11 Å². The highest BCUT2D eigenvalue weighted by Gasteiger charge is 2.25. The van der Waals surface area contributed by atoms with Crippen LogP contribution in [0.5, 0.6) is 0 Å². The molecule has 116 valence electrons. The number of hydrogen-bond acceptors (Lipinski definition) is 3. The van der Waals surface area contributed by atoms with Crippen LogP contribution in [0.25, 0.3) is 0 Å². The number of nitrogens with one attached hydrogen (secondary N) is 1. The van der Waals surface area contributed by atoms with E-state index >= 15 is 0 Å². The zero-order valence-corrected chi connectivity index (χ0v) is 12.8. The Hall–Kier alpha value is -1.59. The molecule has 0 unspecified atom stereocenters. The van der Waals surface area contributed by atoms with E-state index in [1.165, 1.54) is 0 Å². The largest absolute Gasteiger partial charge is 0.480 e.